The zero-order chi connectivity index (χ0) is 24.9. The van der Waals surface area contributed by atoms with Crippen molar-refractivity contribution in [2.75, 3.05) is 13.2 Å². The lowest BCUT2D eigenvalue weighted by atomic mass is 10.0. The number of carbonyl (C=O) groups excluding carboxylic acids is 2. The molecule has 1 amide bonds. The number of hydrogen-bond acceptors (Lipinski definition) is 5. The summed E-state index contributed by atoms with van der Waals surface area (Å²) in [6.45, 7) is 7.33. The van der Waals surface area contributed by atoms with E-state index in [1.54, 1.807) is 17.0 Å². The van der Waals surface area contributed by atoms with Crippen molar-refractivity contribution in [2.45, 2.75) is 65.7 Å². The molecule has 7 heteroatoms. The Balaban J connectivity index is 1.48. The van der Waals surface area contributed by atoms with Gasteiger partial charge in [0.2, 0.25) is 0 Å². The standard InChI is InChI=1S/C28H34N2O3S2/c1-4-5-16-33-27(32)22-10-12-24(13-11-22)30-19(2)17-23(20(30)3)18-25-26(31)29(28(34)35-25)15-14-21-8-6-7-9-21/h10-13,17-18,21H,4-9,14-16H2,1-3H3/b25-18-. The first-order valence-electron chi connectivity index (χ1n) is 12.6. The van der Waals surface area contributed by atoms with Crippen LogP contribution in [0, 0.1) is 19.8 Å². The molecule has 1 saturated heterocycles. The predicted octanol–water partition coefficient (Wildman–Crippen LogP) is 6.83. The quantitative estimate of drug-likeness (QED) is 0.160. The number of unbranched alkanes of at least 4 members (excludes halogenated alkanes) is 1. The van der Waals surface area contributed by atoms with Crippen LogP contribution in [0.5, 0.6) is 0 Å². The monoisotopic (exact) mass is 510 g/mol. The van der Waals surface area contributed by atoms with E-state index in [2.05, 4.69) is 17.6 Å². The molecule has 2 aliphatic rings. The zero-order valence-electron chi connectivity index (χ0n) is 20.8. The van der Waals surface area contributed by atoms with Crippen LogP contribution in [0.2, 0.25) is 0 Å². The number of thiocarbonyl (C=S) groups is 1. The van der Waals surface area contributed by atoms with Gasteiger partial charge in [0.05, 0.1) is 17.1 Å². The molecule has 0 bridgehead atoms. The van der Waals surface area contributed by atoms with Crippen molar-refractivity contribution in [1.82, 2.24) is 9.47 Å². The summed E-state index contributed by atoms with van der Waals surface area (Å²) >= 11 is 6.94. The molecule has 2 heterocycles. The van der Waals surface area contributed by atoms with Gasteiger partial charge in [-0.25, -0.2) is 4.79 Å². The van der Waals surface area contributed by atoms with Crippen molar-refractivity contribution < 1.29 is 14.3 Å². The predicted molar refractivity (Wildman–Crippen MR) is 147 cm³/mol. The van der Waals surface area contributed by atoms with Crippen molar-refractivity contribution in [1.29, 1.82) is 0 Å². The van der Waals surface area contributed by atoms with Crippen molar-refractivity contribution >= 4 is 46.3 Å². The number of rotatable bonds is 9. The van der Waals surface area contributed by atoms with Crippen LogP contribution >= 0.6 is 24.0 Å². The molecule has 186 valence electrons. The molecule has 1 aliphatic carbocycles. The summed E-state index contributed by atoms with van der Waals surface area (Å²) in [6, 6.07) is 9.56. The number of benzene rings is 1. The third-order valence-corrected chi connectivity index (χ3v) is 8.34. The van der Waals surface area contributed by atoms with Crippen molar-refractivity contribution in [3.63, 3.8) is 0 Å². The summed E-state index contributed by atoms with van der Waals surface area (Å²) in [4.78, 5) is 27.8. The number of ether oxygens (including phenoxy) is 1. The Morgan fingerprint density at radius 1 is 1.20 bits per heavy atom. The van der Waals surface area contributed by atoms with E-state index in [-0.39, 0.29) is 11.9 Å². The number of nitrogens with zero attached hydrogens (tertiary/aromatic N) is 2. The SMILES string of the molecule is CCCCOC(=O)c1ccc(-n2c(C)cc(/C=C3\SC(=S)N(CCC4CCCC4)C3=O)c2C)cc1. The minimum absolute atomic E-state index is 0.0220. The number of aryl methyl sites for hydroxylation is 1. The molecule has 0 spiro atoms. The van der Waals surface area contributed by atoms with Crippen LogP contribution in [0.1, 0.15) is 79.2 Å². The first-order chi connectivity index (χ1) is 16.9. The Kier molecular flexibility index (Phi) is 8.50. The van der Waals surface area contributed by atoms with Crippen LogP contribution in [-0.4, -0.2) is 38.8 Å². The van der Waals surface area contributed by atoms with Crippen LogP contribution in [0.4, 0.5) is 0 Å². The van der Waals surface area contributed by atoms with Gasteiger partial charge in [0.15, 0.2) is 0 Å². The van der Waals surface area contributed by atoms with Crippen molar-refractivity contribution in [2.24, 2.45) is 5.92 Å². The number of aromatic nitrogens is 1. The highest BCUT2D eigenvalue weighted by molar-refractivity contribution is 8.26. The molecule has 1 aliphatic heterocycles. The molecule has 0 atom stereocenters. The fourth-order valence-electron chi connectivity index (χ4n) is 4.91. The van der Waals surface area contributed by atoms with Gasteiger partial charge in [0.25, 0.3) is 5.91 Å². The van der Waals surface area contributed by atoms with Crippen molar-refractivity contribution in [3.8, 4) is 5.69 Å². The van der Waals surface area contributed by atoms with E-state index < -0.39 is 0 Å². The fourth-order valence-corrected chi connectivity index (χ4v) is 6.21. The van der Waals surface area contributed by atoms with Crippen LogP contribution < -0.4 is 0 Å². The first kappa shape index (κ1) is 25.7. The van der Waals surface area contributed by atoms with Gasteiger partial charge < -0.3 is 9.30 Å². The zero-order valence-corrected chi connectivity index (χ0v) is 22.5. The highest BCUT2D eigenvalue weighted by atomic mass is 32.2. The fraction of sp³-hybridized carbons (Fsp3) is 0.464. The lowest BCUT2D eigenvalue weighted by Crippen LogP contribution is -2.30. The molecule has 4 rings (SSSR count). The minimum atomic E-state index is -0.290. The molecule has 5 nitrogen and oxygen atoms in total. The van der Waals surface area contributed by atoms with E-state index in [9.17, 15) is 9.59 Å². The van der Waals surface area contributed by atoms with E-state index in [4.69, 9.17) is 17.0 Å². The van der Waals surface area contributed by atoms with Gasteiger partial charge in [-0.05, 0) is 74.6 Å². The van der Waals surface area contributed by atoms with Gasteiger partial charge in [0.1, 0.15) is 4.32 Å². The largest absolute Gasteiger partial charge is 0.462 e. The number of carbonyl (C=O) groups is 2. The second-order valence-electron chi connectivity index (χ2n) is 9.47. The number of amides is 1. The lowest BCUT2D eigenvalue weighted by Gasteiger charge is -2.17. The molecule has 2 fully saturated rings. The molecule has 0 N–H and O–H groups in total. The smallest absolute Gasteiger partial charge is 0.338 e. The van der Waals surface area contributed by atoms with Crippen molar-refractivity contribution in [3.05, 3.63) is 57.8 Å². The summed E-state index contributed by atoms with van der Waals surface area (Å²) in [5.74, 6) is 0.461. The molecule has 1 aromatic carbocycles. The summed E-state index contributed by atoms with van der Waals surface area (Å²) < 4.78 is 8.11. The first-order valence-corrected chi connectivity index (χ1v) is 13.8. The van der Waals surface area contributed by atoms with Gasteiger partial charge in [-0.1, -0.05) is 63.0 Å². The Morgan fingerprint density at radius 2 is 1.91 bits per heavy atom. The molecule has 0 radical (unpaired) electrons. The van der Waals surface area contributed by atoms with Gasteiger partial charge in [-0.3, -0.25) is 9.69 Å². The third-order valence-electron chi connectivity index (χ3n) is 6.96. The molecule has 1 saturated carbocycles. The second-order valence-corrected chi connectivity index (χ2v) is 11.1. The van der Waals surface area contributed by atoms with E-state index in [0.29, 0.717) is 21.4 Å². The third kappa shape index (κ3) is 5.89. The molecular formula is C28H34N2O3S2. The Hall–Kier alpha value is -2.38. The summed E-state index contributed by atoms with van der Waals surface area (Å²) in [5, 5.41) is 0. The van der Waals surface area contributed by atoms with Crippen LogP contribution in [0.3, 0.4) is 0 Å². The summed E-state index contributed by atoms with van der Waals surface area (Å²) in [7, 11) is 0. The molecule has 35 heavy (non-hydrogen) atoms. The van der Waals surface area contributed by atoms with Gasteiger partial charge >= 0.3 is 5.97 Å². The van der Waals surface area contributed by atoms with Gasteiger partial charge in [-0.15, -0.1) is 0 Å². The topological polar surface area (TPSA) is 51.5 Å². The van der Waals surface area contributed by atoms with E-state index >= 15 is 0 Å². The van der Waals surface area contributed by atoms with Gasteiger partial charge in [-0.2, -0.15) is 0 Å². The summed E-state index contributed by atoms with van der Waals surface area (Å²) in [5.41, 5.74) is 4.62. The second kappa shape index (κ2) is 11.6. The van der Waals surface area contributed by atoms with Crippen LogP contribution in [0.25, 0.3) is 11.8 Å². The highest BCUT2D eigenvalue weighted by Crippen LogP contribution is 2.35. The van der Waals surface area contributed by atoms with E-state index in [1.165, 1.54) is 37.4 Å². The maximum absolute atomic E-state index is 13.1. The average Bonchev–Trinajstić information content (AvgIpc) is 3.52. The molecular weight excluding hydrogens is 476 g/mol. The van der Waals surface area contributed by atoms with E-state index in [1.807, 2.05) is 32.1 Å². The maximum Gasteiger partial charge on any atom is 0.338 e. The summed E-state index contributed by atoms with van der Waals surface area (Å²) in [6.07, 6.45) is 10.0. The molecule has 2 aromatic rings. The highest BCUT2D eigenvalue weighted by Gasteiger charge is 2.32. The normalized spacial score (nSPS) is 17.7. The number of esters is 1. The molecule has 0 unspecified atom stereocenters. The van der Waals surface area contributed by atoms with Crippen LogP contribution in [0.15, 0.2) is 35.2 Å². The molecule has 1 aromatic heterocycles. The minimum Gasteiger partial charge on any atom is -0.462 e. The Labute approximate surface area is 217 Å². The number of hydrogen-bond donors (Lipinski definition) is 0. The Morgan fingerprint density at radius 3 is 2.60 bits per heavy atom. The van der Waals surface area contributed by atoms with Gasteiger partial charge in [0, 0.05) is 23.6 Å². The average molecular weight is 511 g/mol. The van der Waals surface area contributed by atoms with Crippen LogP contribution in [-0.2, 0) is 9.53 Å². The maximum atomic E-state index is 13.1. The number of thioether (sulfide) groups is 1. The lowest BCUT2D eigenvalue weighted by molar-refractivity contribution is -0.122. The van der Waals surface area contributed by atoms with E-state index in [0.717, 1.165) is 54.4 Å². The Bertz CT molecular complexity index is 1130.